The van der Waals surface area contributed by atoms with E-state index in [2.05, 4.69) is 57.0 Å². The van der Waals surface area contributed by atoms with Gasteiger partial charge in [-0.25, -0.2) is 24.5 Å². The van der Waals surface area contributed by atoms with Crippen LogP contribution in [0.4, 0.5) is 9.59 Å². The fourth-order valence-electron chi connectivity index (χ4n) is 9.85. The summed E-state index contributed by atoms with van der Waals surface area (Å²) < 4.78 is 15.2. The van der Waals surface area contributed by atoms with Gasteiger partial charge in [0.1, 0.15) is 23.7 Å². The van der Waals surface area contributed by atoms with Crippen molar-refractivity contribution in [1.82, 2.24) is 45.4 Å². The number of pyridine rings is 1. The molecule has 4 aliphatic rings. The zero-order valence-corrected chi connectivity index (χ0v) is 36.2. The van der Waals surface area contributed by atoms with Crippen molar-refractivity contribution in [2.75, 3.05) is 40.5 Å². The lowest BCUT2D eigenvalue weighted by molar-refractivity contribution is -0.137. The van der Waals surface area contributed by atoms with E-state index >= 15 is 0 Å². The van der Waals surface area contributed by atoms with E-state index < -0.39 is 24.3 Å². The Labute approximate surface area is 365 Å². The summed E-state index contributed by atoms with van der Waals surface area (Å²) in [5, 5.41) is 6.54. The van der Waals surface area contributed by atoms with Crippen molar-refractivity contribution in [1.29, 1.82) is 0 Å². The molecule has 0 saturated carbocycles. The van der Waals surface area contributed by atoms with Gasteiger partial charge in [0.15, 0.2) is 0 Å². The molecule has 0 bridgehead atoms. The number of aromatic nitrogens is 5. The molecule has 9 rings (SSSR count). The molecule has 1 aliphatic carbocycles. The third-order valence-corrected chi connectivity index (χ3v) is 13.2. The quantitative estimate of drug-likeness (QED) is 0.118. The Kier molecular flexibility index (Phi) is 11.9. The number of ether oxygens (including phenoxy) is 3. The summed E-state index contributed by atoms with van der Waals surface area (Å²) in [6.07, 6.45) is 6.88. The van der Waals surface area contributed by atoms with Gasteiger partial charge in [0, 0.05) is 54.1 Å². The number of hydrogen-bond donors (Lipinski definition) is 4. The Bertz CT molecular complexity index is 2530. The van der Waals surface area contributed by atoms with E-state index in [1.807, 2.05) is 42.0 Å². The molecule has 4 unspecified atom stereocenters. The number of likely N-dealkylation sites (tertiary alicyclic amines) is 2. The molecule has 4 amide bonds. The van der Waals surface area contributed by atoms with Crippen LogP contribution < -0.4 is 10.6 Å². The lowest BCUT2D eigenvalue weighted by Gasteiger charge is -2.34. The Balaban J connectivity index is 0.899. The number of hydrogen-bond acceptors (Lipinski definition) is 10. The fraction of sp³-hybridized carbons (Fsp3) is 0.468. The first-order valence-electron chi connectivity index (χ1n) is 22.2. The molecule has 4 N–H and O–H groups in total. The summed E-state index contributed by atoms with van der Waals surface area (Å²) in [5.74, 6) is 1.12. The van der Waals surface area contributed by atoms with Gasteiger partial charge in [-0.15, -0.1) is 0 Å². The summed E-state index contributed by atoms with van der Waals surface area (Å²) in [6, 6.07) is 14.9. The van der Waals surface area contributed by atoms with Gasteiger partial charge in [-0.2, -0.15) is 0 Å². The third-order valence-electron chi connectivity index (χ3n) is 13.2. The van der Waals surface area contributed by atoms with Crippen LogP contribution in [0.5, 0.6) is 0 Å². The summed E-state index contributed by atoms with van der Waals surface area (Å²) >= 11 is 0. The predicted octanol–water partition coefficient (Wildman–Crippen LogP) is 6.64. The maximum atomic E-state index is 14.0. The fourth-order valence-corrected chi connectivity index (χ4v) is 9.85. The van der Waals surface area contributed by atoms with Crippen LogP contribution in [0.15, 0.2) is 54.7 Å². The predicted molar refractivity (Wildman–Crippen MR) is 234 cm³/mol. The van der Waals surface area contributed by atoms with Crippen molar-refractivity contribution < 1.29 is 33.4 Å². The summed E-state index contributed by atoms with van der Waals surface area (Å²) in [7, 11) is 2.61. The topological polar surface area (TPSA) is 197 Å². The average Bonchev–Trinajstić information content (AvgIpc) is 4.16. The number of imidazole rings is 2. The minimum absolute atomic E-state index is 0.0325. The number of benzene rings is 2. The smallest absolute Gasteiger partial charge is 0.407 e. The SMILES string of the molecule is COC(=O)NC(C(=O)N1CCCC1c1nc2c([nH]1)CCc1cc(-c3ccc4cc(-c5cnc(C6CCCN6C(=O)C(NC(=O)OC)C6CCOCC6)[nH]5)ccc4n3)ccc1-2)C(C)C. The second kappa shape index (κ2) is 17.8. The molecule has 3 saturated heterocycles. The van der Waals surface area contributed by atoms with Gasteiger partial charge in [0.2, 0.25) is 11.8 Å². The Morgan fingerprint density at radius 2 is 1.49 bits per heavy atom. The van der Waals surface area contributed by atoms with Gasteiger partial charge in [-0.3, -0.25) is 9.59 Å². The minimum atomic E-state index is -0.690. The van der Waals surface area contributed by atoms with Crippen molar-refractivity contribution in [2.24, 2.45) is 11.8 Å². The number of fused-ring (bicyclic) bond motifs is 4. The molecule has 0 radical (unpaired) electrons. The minimum Gasteiger partial charge on any atom is -0.453 e. The maximum absolute atomic E-state index is 14.0. The highest BCUT2D eigenvalue weighted by atomic mass is 16.5. The van der Waals surface area contributed by atoms with E-state index in [4.69, 9.17) is 29.2 Å². The van der Waals surface area contributed by atoms with E-state index in [-0.39, 0.29) is 35.7 Å². The second-order valence-electron chi connectivity index (χ2n) is 17.4. The van der Waals surface area contributed by atoms with Crippen LogP contribution in [0.25, 0.3) is 44.7 Å². The Hall–Kier alpha value is -6.29. The standard InChI is InChI=1S/C47H55N9O7/c1-26(2)39(53-46(59)61-3)44(57)56-20-6-8-38(56)43-50-35-16-10-28-23-29(9-13-32(28)41(35)52-43)33-14-11-30-24-31(12-15-34(30)49-33)36-25-48-42(51-36)37-7-5-19-55(37)45(58)40(54-47(60)62-4)27-17-21-63-22-18-27/h9,11-15,23-27,37-40H,5-8,10,16-22H2,1-4H3,(H,48,51)(H,50,52)(H,53,59)(H,54,60). The first-order valence-corrected chi connectivity index (χ1v) is 22.2. The number of aryl methyl sites for hydroxylation is 2. The lowest BCUT2D eigenvalue weighted by Crippen LogP contribution is -2.53. The molecule has 2 aromatic carbocycles. The van der Waals surface area contributed by atoms with Gasteiger partial charge < -0.3 is 44.6 Å². The lowest BCUT2D eigenvalue weighted by atomic mass is 9.90. The molecular weight excluding hydrogens is 803 g/mol. The first-order chi connectivity index (χ1) is 30.6. The molecular formula is C47H55N9O7. The number of alkyl carbamates (subject to hydrolysis) is 2. The van der Waals surface area contributed by atoms with E-state index in [1.165, 1.54) is 19.8 Å². The van der Waals surface area contributed by atoms with E-state index in [9.17, 15) is 19.2 Å². The monoisotopic (exact) mass is 857 g/mol. The number of amides is 4. The third kappa shape index (κ3) is 8.35. The highest BCUT2D eigenvalue weighted by Gasteiger charge is 2.41. The summed E-state index contributed by atoms with van der Waals surface area (Å²) in [4.78, 5) is 77.9. The molecule has 3 aliphatic heterocycles. The van der Waals surface area contributed by atoms with Crippen LogP contribution >= 0.6 is 0 Å². The van der Waals surface area contributed by atoms with Gasteiger partial charge in [-0.05, 0) is 93.0 Å². The summed E-state index contributed by atoms with van der Waals surface area (Å²) in [5.41, 5.74) is 8.87. The van der Waals surface area contributed by atoms with Crippen molar-refractivity contribution in [3.63, 3.8) is 0 Å². The second-order valence-corrected chi connectivity index (χ2v) is 17.4. The highest BCUT2D eigenvalue weighted by Crippen LogP contribution is 2.39. The zero-order chi connectivity index (χ0) is 43.8. The van der Waals surface area contributed by atoms with E-state index in [0.717, 1.165) is 101 Å². The number of H-pyrrole nitrogens is 2. The number of aromatic amines is 2. The molecule has 16 heteroatoms. The summed E-state index contributed by atoms with van der Waals surface area (Å²) in [6.45, 7) is 6.13. The van der Waals surface area contributed by atoms with Crippen LogP contribution in [0, 0.1) is 11.8 Å². The largest absolute Gasteiger partial charge is 0.453 e. The molecule has 6 heterocycles. The van der Waals surface area contributed by atoms with Crippen molar-refractivity contribution in [2.45, 2.75) is 89.4 Å². The molecule has 0 spiro atoms. The van der Waals surface area contributed by atoms with Crippen molar-refractivity contribution in [3.8, 4) is 33.8 Å². The van der Waals surface area contributed by atoms with Gasteiger partial charge in [-0.1, -0.05) is 38.1 Å². The van der Waals surface area contributed by atoms with Crippen molar-refractivity contribution in [3.05, 3.63) is 77.6 Å². The number of carbonyl (C=O) groups is 4. The van der Waals surface area contributed by atoms with Crippen molar-refractivity contribution >= 4 is 34.9 Å². The molecule has 330 valence electrons. The number of rotatable bonds is 10. The zero-order valence-electron chi connectivity index (χ0n) is 36.2. The molecule has 16 nitrogen and oxygen atoms in total. The van der Waals surface area contributed by atoms with Crippen LogP contribution in [0.1, 0.15) is 87.4 Å². The van der Waals surface area contributed by atoms with Gasteiger partial charge in [0.05, 0.1) is 55.1 Å². The van der Waals surface area contributed by atoms with Crippen LogP contribution in [-0.2, 0) is 36.6 Å². The number of nitrogens with zero attached hydrogens (tertiary/aromatic N) is 5. The highest BCUT2D eigenvalue weighted by molar-refractivity contribution is 5.88. The Morgan fingerprint density at radius 1 is 0.778 bits per heavy atom. The van der Waals surface area contributed by atoms with Crippen LogP contribution in [0.2, 0.25) is 0 Å². The Morgan fingerprint density at radius 3 is 2.24 bits per heavy atom. The van der Waals surface area contributed by atoms with Crippen LogP contribution in [-0.4, -0.2) is 111 Å². The number of nitrogens with one attached hydrogen (secondary N) is 4. The number of carbonyl (C=O) groups excluding carboxylic acids is 4. The normalized spacial score (nSPS) is 19.7. The molecule has 3 fully saturated rings. The van der Waals surface area contributed by atoms with Crippen LogP contribution in [0.3, 0.4) is 0 Å². The van der Waals surface area contributed by atoms with Gasteiger partial charge in [0.25, 0.3) is 0 Å². The number of methoxy groups -OCH3 is 2. The van der Waals surface area contributed by atoms with Gasteiger partial charge >= 0.3 is 12.2 Å². The molecule has 3 aromatic heterocycles. The molecule has 4 atom stereocenters. The first kappa shape index (κ1) is 42.0. The molecule has 5 aromatic rings. The molecule has 63 heavy (non-hydrogen) atoms. The van der Waals surface area contributed by atoms with E-state index in [0.29, 0.717) is 39.1 Å². The average molecular weight is 858 g/mol. The van der Waals surface area contributed by atoms with E-state index in [1.54, 1.807) is 0 Å². The maximum Gasteiger partial charge on any atom is 0.407 e.